The standard InChI is InChI=1S/C16H22N6O2/c1-10(2)13-15(18-6-5-17-13)22-9-19-14(20-22)16(23)21-7-11(3)24-12(4)8-21/h5-6,9-12H,7-8H2,1-4H3/t11-,12+. The van der Waals surface area contributed by atoms with Crippen LogP contribution in [0.5, 0.6) is 0 Å². The lowest BCUT2D eigenvalue weighted by atomic mass is 10.1. The molecule has 0 radical (unpaired) electrons. The van der Waals surface area contributed by atoms with Gasteiger partial charge in [-0.3, -0.25) is 9.78 Å². The Morgan fingerprint density at radius 3 is 2.50 bits per heavy atom. The molecule has 24 heavy (non-hydrogen) atoms. The Bertz CT molecular complexity index is 719. The highest BCUT2D eigenvalue weighted by atomic mass is 16.5. The number of nitrogens with zero attached hydrogens (tertiary/aromatic N) is 6. The van der Waals surface area contributed by atoms with Crippen molar-refractivity contribution in [3.63, 3.8) is 0 Å². The summed E-state index contributed by atoms with van der Waals surface area (Å²) < 4.78 is 7.18. The molecule has 0 bridgehead atoms. The number of hydrogen-bond acceptors (Lipinski definition) is 6. The molecule has 0 saturated carbocycles. The van der Waals surface area contributed by atoms with Crippen LogP contribution in [0.15, 0.2) is 18.7 Å². The van der Waals surface area contributed by atoms with Crippen molar-refractivity contribution in [2.24, 2.45) is 0 Å². The summed E-state index contributed by atoms with van der Waals surface area (Å²) in [7, 11) is 0. The van der Waals surface area contributed by atoms with E-state index in [1.165, 1.54) is 11.0 Å². The summed E-state index contributed by atoms with van der Waals surface area (Å²) in [5.41, 5.74) is 0.815. The third-order valence-electron chi connectivity index (χ3n) is 3.86. The summed E-state index contributed by atoms with van der Waals surface area (Å²) in [6, 6.07) is 0. The van der Waals surface area contributed by atoms with Gasteiger partial charge in [-0.15, -0.1) is 5.10 Å². The van der Waals surface area contributed by atoms with Crippen LogP contribution in [0.1, 0.15) is 49.9 Å². The molecule has 0 N–H and O–H groups in total. The van der Waals surface area contributed by atoms with E-state index in [0.29, 0.717) is 18.9 Å². The van der Waals surface area contributed by atoms with Crippen LogP contribution in [0.3, 0.4) is 0 Å². The molecule has 1 amide bonds. The zero-order valence-corrected chi connectivity index (χ0v) is 14.4. The van der Waals surface area contributed by atoms with Crippen LogP contribution in [-0.4, -0.2) is 60.8 Å². The first-order valence-electron chi connectivity index (χ1n) is 8.13. The molecule has 3 heterocycles. The maximum atomic E-state index is 12.7. The average Bonchev–Trinajstić information content (AvgIpc) is 3.03. The number of carbonyl (C=O) groups is 1. The quantitative estimate of drug-likeness (QED) is 0.846. The van der Waals surface area contributed by atoms with Gasteiger partial charge >= 0.3 is 0 Å². The molecule has 1 aliphatic heterocycles. The lowest BCUT2D eigenvalue weighted by Crippen LogP contribution is -2.48. The molecule has 1 saturated heterocycles. The van der Waals surface area contributed by atoms with Crippen LogP contribution < -0.4 is 0 Å². The average molecular weight is 330 g/mol. The predicted octanol–water partition coefficient (Wildman–Crippen LogP) is 1.43. The Kier molecular flexibility index (Phi) is 4.57. The molecule has 0 aromatic carbocycles. The van der Waals surface area contributed by atoms with E-state index in [2.05, 4.69) is 20.1 Å². The Hall–Kier alpha value is -2.35. The molecule has 1 aliphatic rings. The molecule has 0 aliphatic carbocycles. The number of amides is 1. The molecule has 8 nitrogen and oxygen atoms in total. The van der Waals surface area contributed by atoms with E-state index in [9.17, 15) is 4.79 Å². The minimum Gasteiger partial charge on any atom is -0.372 e. The van der Waals surface area contributed by atoms with Crippen molar-refractivity contribution in [1.29, 1.82) is 0 Å². The highest BCUT2D eigenvalue weighted by Gasteiger charge is 2.29. The summed E-state index contributed by atoms with van der Waals surface area (Å²) in [6.07, 6.45) is 4.78. The van der Waals surface area contributed by atoms with Gasteiger partial charge in [0, 0.05) is 25.5 Å². The summed E-state index contributed by atoms with van der Waals surface area (Å²) in [4.78, 5) is 27.2. The van der Waals surface area contributed by atoms with Crippen LogP contribution in [-0.2, 0) is 4.74 Å². The normalized spacial score (nSPS) is 21.3. The van der Waals surface area contributed by atoms with E-state index in [-0.39, 0.29) is 29.9 Å². The molecule has 2 aromatic rings. The molecule has 1 fully saturated rings. The Balaban J connectivity index is 1.85. The van der Waals surface area contributed by atoms with E-state index in [0.717, 1.165) is 5.69 Å². The smallest absolute Gasteiger partial charge is 0.293 e. The lowest BCUT2D eigenvalue weighted by molar-refractivity contribution is -0.0588. The first-order chi connectivity index (χ1) is 11.5. The number of morpholine rings is 1. The Labute approximate surface area is 140 Å². The third kappa shape index (κ3) is 3.28. The monoisotopic (exact) mass is 330 g/mol. The fourth-order valence-corrected chi connectivity index (χ4v) is 2.87. The zero-order chi connectivity index (χ0) is 17.3. The Morgan fingerprint density at radius 2 is 1.83 bits per heavy atom. The van der Waals surface area contributed by atoms with Crippen LogP contribution in [0, 0.1) is 0 Å². The van der Waals surface area contributed by atoms with Gasteiger partial charge in [-0.25, -0.2) is 14.6 Å². The van der Waals surface area contributed by atoms with Gasteiger partial charge in [-0.1, -0.05) is 13.8 Å². The van der Waals surface area contributed by atoms with Crippen LogP contribution >= 0.6 is 0 Å². The molecule has 128 valence electrons. The minimum absolute atomic E-state index is 0.00678. The maximum absolute atomic E-state index is 12.7. The fraction of sp³-hybridized carbons (Fsp3) is 0.562. The second-order valence-corrected chi connectivity index (χ2v) is 6.40. The summed E-state index contributed by atoms with van der Waals surface area (Å²) in [5, 5.41) is 4.32. The topological polar surface area (TPSA) is 86.0 Å². The van der Waals surface area contributed by atoms with E-state index >= 15 is 0 Å². The number of ether oxygens (including phenoxy) is 1. The van der Waals surface area contributed by atoms with E-state index in [1.807, 2.05) is 27.7 Å². The lowest BCUT2D eigenvalue weighted by Gasteiger charge is -2.34. The molecule has 2 aromatic heterocycles. The van der Waals surface area contributed by atoms with Crippen LogP contribution in [0.25, 0.3) is 5.82 Å². The highest BCUT2D eigenvalue weighted by molar-refractivity contribution is 5.90. The SMILES string of the molecule is CC(C)c1nccnc1-n1cnc(C(=O)N2C[C@@H](C)O[C@@H](C)C2)n1. The predicted molar refractivity (Wildman–Crippen MR) is 87.0 cm³/mol. The molecule has 2 atom stereocenters. The van der Waals surface area contributed by atoms with Gasteiger partial charge in [0.25, 0.3) is 5.91 Å². The number of rotatable bonds is 3. The molecule has 8 heteroatoms. The van der Waals surface area contributed by atoms with Crippen molar-refractivity contribution in [2.75, 3.05) is 13.1 Å². The van der Waals surface area contributed by atoms with Gasteiger partial charge in [0.15, 0.2) is 5.82 Å². The molecular formula is C16H22N6O2. The van der Waals surface area contributed by atoms with Gasteiger partial charge in [0.05, 0.1) is 17.9 Å². The van der Waals surface area contributed by atoms with Gasteiger partial charge in [-0.2, -0.15) is 0 Å². The number of hydrogen-bond donors (Lipinski definition) is 0. The van der Waals surface area contributed by atoms with Crippen molar-refractivity contribution in [1.82, 2.24) is 29.6 Å². The molecule has 0 unspecified atom stereocenters. The highest BCUT2D eigenvalue weighted by Crippen LogP contribution is 2.18. The van der Waals surface area contributed by atoms with Crippen LogP contribution in [0.4, 0.5) is 0 Å². The Morgan fingerprint density at radius 1 is 1.17 bits per heavy atom. The van der Waals surface area contributed by atoms with E-state index in [1.54, 1.807) is 17.3 Å². The zero-order valence-electron chi connectivity index (χ0n) is 14.4. The minimum atomic E-state index is -0.189. The fourth-order valence-electron chi connectivity index (χ4n) is 2.87. The molecule has 0 spiro atoms. The van der Waals surface area contributed by atoms with Gasteiger partial charge in [0.1, 0.15) is 6.33 Å². The van der Waals surface area contributed by atoms with Crippen molar-refractivity contribution < 1.29 is 9.53 Å². The second kappa shape index (κ2) is 6.64. The molecule has 3 rings (SSSR count). The van der Waals surface area contributed by atoms with Gasteiger partial charge in [0.2, 0.25) is 5.82 Å². The molecular weight excluding hydrogens is 308 g/mol. The van der Waals surface area contributed by atoms with Crippen molar-refractivity contribution in [3.05, 3.63) is 30.2 Å². The summed E-state index contributed by atoms with van der Waals surface area (Å²) >= 11 is 0. The van der Waals surface area contributed by atoms with Crippen molar-refractivity contribution in [3.8, 4) is 5.82 Å². The van der Waals surface area contributed by atoms with Gasteiger partial charge < -0.3 is 9.64 Å². The van der Waals surface area contributed by atoms with Gasteiger partial charge in [-0.05, 0) is 19.8 Å². The van der Waals surface area contributed by atoms with E-state index < -0.39 is 0 Å². The van der Waals surface area contributed by atoms with Crippen molar-refractivity contribution in [2.45, 2.75) is 45.8 Å². The summed E-state index contributed by atoms with van der Waals surface area (Å²) in [6.45, 7) is 9.06. The third-order valence-corrected chi connectivity index (χ3v) is 3.86. The number of carbonyl (C=O) groups excluding carboxylic acids is 1. The number of aromatic nitrogens is 5. The first kappa shape index (κ1) is 16.5. The largest absolute Gasteiger partial charge is 0.372 e. The van der Waals surface area contributed by atoms with E-state index in [4.69, 9.17) is 4.74 Å². The van der Waals surface area contributed by atoms with Crippen molar-refractivity contribution >= 4 is 5.91 Å². The second-order valence-electron chi connectivity index (χ2n) is 6.40. The summed E-state index contributed by atoms with van der Waals surface area (Å²) in [5.74, 6) is 0.767. The first-order valence-corrected chi connectivity index (χ1v) is 8.13. The van der Waals surface area contributed by atoms with Crippen LogP contribution in [0.2, 0.25) is 0 Å². The maximum Gasteiger partial charge on any atom is 0.293 e.